The van der Waals surface area contributed by atoms with Crippen molar-refractivity contribution in [1.82, 2.24) is 9.97 Å². The van der Waals surface area contributed by atoms with E-state index in [0.29, 0.717) is 16.7 Å². The van der Waals surface area contributed by atoms with Crippen molar-refractivity contribution in [2.75, 3.05) is 17.8 Å². The van der Waals surface area contributed by atoms with Crippen LogP contribution in [0.5, 0.6) is 0 Å². The van der Waals surface area contributed by atoms with Crippen molar-refractivity contribution >= 4 is 49.3 Å². The van der Waals surface area contributed by atoms with Crippen molar-refractivity contribution < 1.29 is 4.21 Å². The zero-order chi connectivity index (χ0) is 16.4. The Morgan fingerprint density at radius 2 is 1.96 bits per heavy atom. The van der Waals surface area contributed by atoms with Crippen LogP contribution in [0.1, 0.15) is 0 Å². The lowest BCUT2D eigenvalue weighted by Crippen LogP contribution is -1.95. The number of halogens is 1. The van der Waals surface area contributed by atoms with E-state index >= 15 is 0 Å². The fourth-order valence-electron chi connectivity index (χ4n) is 2.16. The Hall–Kier alpha value is -2.18. The standard InChI is InChI=1S/C16H15ClN4OS/c1-23(2,22)21-12-3-5-14-11(9-12)7-8-18-16(14)20-13-4-6-15(17)19-10-13/h3-10H,1-2H3,(H,18,20). The maximum Gasteiger partial charge on any atom is 0.138 e. The number of hydrogen-bond donors (Lipinski definition) is 1. The molecule has 3 rings (SSSR count). The number of benzene rings is 1. The second-order valence-electron chi connectivity index (χ2n) is 5.33. The molecule has 118 valence electrons. The molecule has 0 spiro atoms. The first-order valence-electron chi connectivity index (χ1n) is 6.85. The van der Waals surface area contributed by atoms with Gasteiger partial charge >= 0.3 is 0 Å². The van der Waals surface area contributed by atoms with E-state index in [4.69, 9.17) is 11.6 Å². The maximum absolute atomic E-state index is 11.8. The highest BCUT2D eigenvalue weighted by Gasteiger charge is 2.05. The first-order valence-corrected chi connectivity index (χ1v) is 9.56. The molecule has 7 heteroatoms. The molecule has 0 aliphatic heterocycles. The summed E-state index contributed by atoms with van der Waals surface area (Å²) < 4.78 is 16.0. The molecule has 1 N–H and O–H groups in total. The molecule has 5 nitrogen and oxygen atoms in total. The molecule has 0 radical (unpaired) electrons. The van der Waals surface area contributed by atoms with E-state index in [1.807, 2.05) is 30.3 Å². The number of hydrogen-bond acceptors (Lipinski definition) is 5. The van der Waals surface area contributed by atoms with Gasteiger partial charge in [0.1, 0.15) is 11.0 Å². The first kappa shape index (κ1) is 15.7. The predicted molar refractivity (Wildman–Crippen MR) is 96.4 cm³/mol. The molecule has 0 saturated carbocycles. The Morgan fingerprint density at radius 1 is 1.13 bits per heavy atom. The van der Waals surface area contributed by atoms with Crippen molar-refractivity contribution in [3.8, 4) is 0 Å². The molecule has 2 heterocycles. The highest BCUT2D eigenvalue weighted by atomic mass is 35.5. The quantitative estimate of drug-likeness (QED) is 0.714. The van der Waals surface area contributed by atoms with Gasteiger partial charge in [0.05, 0.1) is 17.6 Å². The van der Waals surface area contributed by atoms with Gasteiger partial charge in [-0.2, -0.15) is 4.36 Å². The third-order valence-corrected chi connectivity index (χ3v) is 3.94. The minimum absolute atomic E-state index is 0.440. The molecule has 0 aliphatic rings. The molecule has 2 aromatic heterocycles. The maximum atomic E-state index is 11.8. The van der Waals surface area contributed by atoms with Crippen molar-refractivity contribution in [2.24, 2.45) is 4.36 Å². The van der Waals surface area contributed by atoms with Crippen LogP contribution in [-0.2, 0) is 9.73 Å². The van der Waals surface area contributed by atoms with Gasteiger partial charge in [-0.15, -0.1) is 0 Å². The first-order chi connectivity index (χ1) is 10.9. The highest BCUT2D eigenvalue weighted by Crippen LogP contribution is 2.28. The Morgan fingerprint density at radius 3 is 2.65 bits per heavy atom. The fraction of sp³-hybridized carbons (Fsp3) is 0.125. The molecule has 0 amide bonds. The van der Waals surface area contributed by atoms with Crippen LogP contribution in [0.4, 0.5) is 17.2 Å². The van der Waals surface area contributed by atoms with Crippen molar-refractivity contribution in [2.45, 2.75) is 0 Å². The van der Waals surface area contributed by atoms with Crippen molar-refractivity contribution in [1.29, 1.82) is 0 Å². The van der Waals surface area contributed by atoms with Crippen molar-refractivity contribution in [3.63, 3.8) is 0 Å². The van der Waals surface area contributed by atoms with Gasteiger partial charge in [0.2, 0.25) is 0 Å². The largest absolute Gasteiger partial charge is 0.338 e. The van der Waals surface area contributed by atoms with Gasteiger partial charge in [-0.25, -0.2) is 14.2 Å². The molecule has 0 fully saturated rings. The summed E-state index contributed by atoms with van der Waals surface area (Å²) >= 11 is 5.79. The lowest BCUT2D eigenvalue weighted by molar-refractivity contribution is 0.684. The molecule has 0 unspecified atom stereocenters. The third kappa shape index (κ3) is 3.97. The number of fused-ring (bicyclic) bond motifs is 1. The fourth-order valence-corrected chi connectivity index (χ4v) is 2.90. The second-order valence-corrected chi connectivity index (χ2v) is 8.26. The minimum Gasteiger partial charge on any atom is -0.338 e. The van der Waals surface area contributed by atoms with Crippen LogP contribution < -0.4 is 5.32 Å². The van der Waals surface area contributed by atoms with Gasteiger partial charge in [0.25, 0.3) is 0 Å². The van der Waals surface area contributed by atoms with Crippen LogP contribution in [0.2, 0.25) is 5.15 Å². The zero-order valence-electron chi connectivity index (χ0n) is 12.7. The second kappa shape index (κ2) is 6.14. The topological polar surface area (TPSA) is 67.2 Å². The van der Waals surface area contributed by atoms with E-state index in [1.54, 1.807) is 31.0 Å². The number of nitrogens with one attached hydrogen (secondary N) is 1. The van der Waals surface area contributed by atoms with Crippen molar-refractivity contribution in [3.05, 3.63) is 53.9 Å². The van der Waals surface area contributed by atoms with Gasteiger partial charge in [-0.05, 0) is 41.8 Å². The highest BCUT2D eigenvalue weighted by molar-refractivity contribution is 7.92. The normalized spacial score (nSPS) is 11.4. The molecule has 0 aliphatic carbocycles. The third-order valence-electron chi connectivity index (χ3n) is 3.06. The Balaban J connectivity index is 2.02. The van der Waals surface area contributed by atoms with Crippen LogP contribution in [0, 0.1) is 0 Å². The molecular formula is C16H15ClN4OS. The summed E-state index contributed by atoms with van der Waals surface area (Å²) in [7, 11) is -2.19. The minimum atomic E-state index is -2.19. The number of nitrogens with zero attached hydrogens (tertiary/aromatic N) is 3. The van der Waals surface area contributed by atoms with Gasteiger partial charge in [-0.3, -0.25) is 0 Å². The number of rotatable bonds is 3. The summed E-state index contributed by atoms with van der Waals surface area (Å²) in [5.74, 6) is 0.715. The summed E-state index contributed by atoms with van der Waals surface area (Å²) in [5, 5.41) is 5.57. The summed E-state index contributed by atoms with van der Waals surface area (Å²) in [5.41, 5.74) is 1.49. The van der Waals surface area contributed by atoms with Crippen LogP contribution in [0.15, 0.2) is 53.2 Å². The monoisotopic (exact) mass is 346 g/mol. The lowest BCUT2D eigenvalue weighted by atomic mass is 10.1. The number of anilines is 2. The van der Waals surface area contributed by atoms with Gasteiger partial charge < -0.3 is 5.32 Å². The van der Waals surface area contributed by atoms with E-state index in [-0.39, 0.29) is 0 Å². The molecule has 3 aromatic rings. The number of aromatic nitrogens is 2. The predicted octanol–water partition coefficient (Wildman–Crippen LogP) is 4.39. The summed E-state index contributed by atoms with van der Waals surface area (Å²) in [4.78, 5) is 8.41. The Labute approximate surface area is 139 Å². The average Bonchev–Trinajstić information content (AvgIpc) is 2.48. The van der Waals surface area contributed by atoms with Gasteiger partial charge in [0, 0.05) is 33.8 Å². The molecule has 0 bridgehead atoms. The summed E-state index contributed by atoms with van der Waals surface area (Å²) in [6.45, 7) is 0. The van der Waals surface area contributed by atoms with E-state index < -0.39 is 9.73 Å². The lowest BCUT2D eigenvalue weighted by Gasteiger charge is -2.09. The van der Waals surface area contributed by atoms with Crippen LogP contribution >= 0.6 is 11.6 Å². The zero-order valence-corrected chi connectivity index (χ0v) is 14.2. The SMILES string of the molecule is CS(C)(=O)=Nc1ccc2c(Nc3ccc(Cl)nc3)nccc2c1. The van der Waals surface area contributed by atoms with E-state index in [1.165, 1.54) is 0 Å². The van der Waals surface area contributed by atoms with Gasteiger partial charge in [0.15, 0.2) is 0 Å². The Bertz CT molecular complexity index is 971. The molecule has 23 heavy (non-hydrogen) atoms. The van der Waals surface area contributed by atoms with Crippen LogP contribution in [-0.4, -0.2) is 26.7 Å². The van der Waals surface area contributed by atoms with E-state index in [0.717, 1.165) is 16.5 Å². The summed E-state index contributed by atoms with van der Waals surface area (Å²) in [6, 6.07) is 11.1. The van der Waals surface area contributed by atoms with Gasteiger partial charge in [-0.1, -0.05) is 11.6 Å². The molecule has 0 atom stereocenters. The smallest absolute Gasteiger partial charge is 0.138 e. The molecule has 1 aromatic carbocycles. The van der Waals surface area contributed by atoms with Crippen LogP contribution in [0.3, 0.4) is 0 Å². The van der Waals surface area contributed by atoms with E-state index in [9.17, 15) is 4.21 Å². The number of pyridine rings is 2. The van der Waals surface area contributed by atoms with E-state index in [2.05, 4.69) is 19.6 Å². The average molecular weight is 347 g/mol. The summed E-state index contributed by atoms with van der Waals surface area (Å²) in [6.07, 6.45) is 6.59. The van der Waals surface area contributed by atoms with Crippen LogP contribution in [0.25, 0.3) is 10.8 Å². The molecule has 0 saturated heterocycles. The Kier molecular flexibility index (Phi) is 4.19. The molecular weight excluding hydrogens is 332 g/mol.